The molecule has 1 rings (SSSR count). The third-order valence-corrected chi connectivity index (χ3v) is 4.35. The van der Waals surface area contributed by atoms with Crippen LogP contribution in [0.3, 0.4) is 0 Å². The summed E-state index contributed by atoms with van der Waals surface area (Å²) in [7, 11) is 0. The van der Waals surface area contributed by atoms with Gasteiger partial charge in [-0.05, 0) is 0 Å². The Hall–Kier alpha value is 0.110. The number of carbonyl (C=O) groups excluding carboxylic acids is 1. The van der Waals surface area contributed by atoms with Crippen LogP contribution in [0.5, 0.6) is 5.75 Å². The van der Waals surface area contributed by atoms with Gasteiger partial charge in [-0.15, -0.1) is 0 Å². The first-order valence-electron chi connectivity index (χ1n) is 4.00. The molecule has 0 saturated heterocycles. The molecule has 2 N–H and O–H groups in total. The Kier molecular flexibility index (Phi) is 5.71. The molecule has 0 bridgehead atoms. The molecule has 3 nitrogen and oxygen atoms in total. The van der Waals surface area contributed by atoms with E-state index in [1.54, 1.807) is 12.1 Å². The van der Waals surface area contributed by atoms with E-state index in [0.717, 1.165) is 11.8 Å². The molecular weight excluding hydrogens is 408 g/mol. The van der Waals surface area contributed by atoms with Gasteiger partial charge < -0.3 is 0 Å². The minimum absolute atomic E-state index is 0.0933. The number of phenolic OH excluding ortho intramolecular Hbond substituents is 1. The number of nitrogens with one attached hydrogen (secondary N) is 1. The summed E-state index contributed by atoms with van der Waals surface area (Å²) in [5.74, 6) is 0.255. The van der Waals surface area contributed by atoms with Gasteiger partial charge in [0, 0.05) is 0 Å². The summed E-state index contributed by atoms with van der Waals surface area (Å²) in [5.41, 5.74) is 1.06. The van der Waals surface area contributed by atoms with Gasteiger partial charge in [0.1, 0.15) is 0 Å². The summed E-state index contributed by atoms with van der Waals surface area (Å²) in [6, 6.07) is 6.84. The first kappa shape index (κ1) is 12.2. The number of hydrogen-bond donors (Lipinski definition) is 2. The van der Waals surface area contributed by atoms with Crippen molar-refractivity contribution in [3.05, 3.63) is 29.8 Å². The molecule has 0 saturated carbocycles. The molecule has 78 valence electrons. The molecule has 0 radical (unpaired) electrons. The summed E-state index contributed by atoms with van der Waals surface area (Å²) in [6.07, 6.45) is 1.62. The molecule has 0 spiro atoms. The van der Waals surface area contributed by atoms with Crippen LogP contribution in [0.4, 0.5) is 0 Å². The van der Waals surface area contributed by atoms with Gasteiger partial charge in [0.2, 0.25) is 0 Å². The zero-order valence-electron chi connectivity index (χ0n) is 7.28. The molecule has 1 aromatic carbocycles. The summed E-state index contributed by atoms with van der Waals surface area (Å²) < 4.78 is 3.16. The Labute approximate surface area is 103 Å². The summed E-state index contributed by atoms with van der Waals surface area (Å²) in [5, 5.41) is 9.07. The molecule has 5 heteroatoms. The van der Waals surface area contributed by atoms with Gasteiger partial charge in [-0.25, -0.2) is 0 Å². The van der Waals surface area contributed by atoms with Crippen molar-refractivity contribution in [1.82, 2.24) is 3.53 Å². The molecule has 0 aliphatic heterocycles. The van der Waals surface area contributed by atoms with Crippen LogP contribution in [0.2, 0.25) is 0 Å². The fraction of sp³-hybridized carbons (Fsp3) is 0.222. The molecule has 0 aliphatic rings. The second-order valence-electron chi connectivity index (χ2n) is 2.79. The molecule has 1 aromatic rings. The van der Waals surface area contributed by atoms with Crippen LogP contribution in [0, 0.1) is 0 Å². The van der Waals surface area contributed by atoms with Gasteiger partial charge in [-0.3, -0.25) is 0 Å². The van der Waals surface area contributed by atoms with E-state index in [9.17, 15) is 4.79 Å². The predicted molar refractivity (Wildman–Crippen MR) is 58.8 cm³/mol. The van der Waals surface area contributed by atoms with Gasteiger partial charge in [-0.1, -0.05) is 0 Å². The maximum absolute atomic E-state index is 10.7. The fourth-order valence-corrected chi connectivity index (χ4v) is 3.75. The topological polar surface area (TPSA) is 49.3 Å². The third kappa shape index (κ3) is 4.09. The molecule has 0 aliphatic carbocycles. The van der Waals surface area contributed by atoms with E-state index in [2.05, 4.69) is 22.1 Å². The fourth-order valence-electron chi connectivity index (χ4n) is 1.05. The van der Waals surface area contributed by atoms with Crippen LogP contribution in [-0.4, -0.2) is 17.4 Å². The molecule has 14 heavy (non-hydrogen) atoms. The van der Waals surface area contributed by atoms with Crippen molar-refractivity contribution in [3.63, 3.8) is 0 Å². The van der Waals surface area contributed by atoms with Gasteiger partial charge in [-0.2, -0.15) is 0 Å². The van der Waals surface area contributed by atoms with E-state index in [1.807, 2.05) is 12.1 Å². The SMILES string of the molecule is O=C[C@H](Cc1ccc(O)cc1)N[I-]I. The van der Waals surface area contributed by atoms with Gasteiger partial charge in [0.15, 0.2) is 0 Å². The second kappa shape index (κ2) is 6.57. The minimum atomic E-state index is -0.105. The summed E-state index contributed by atoms with van der Waals surface area (Å²) in [4.78, 5) is 10.7. The number of aldehydes is 1. The van der Waals surface area contributed by atoms with E-state index in [1.165, 1.54) is 0 Å². The van der Waals surface area contributed by atoms with Crippen LogP contribution < -0.4 is 21.0 Å². The average Bonchev–Trinajstić information content (AvgIpc) is 2.20. The number of aromatic hydroxyl groups is 1. The number of halogens is 2. The Balaban J connectivity index is 2.57. The number of phenols is 1. The summed E-state index contributed by atoms with van der Waals surface area (Å²) in [6.45, 7) is 0. The number of rotatable bonds is 5. The first-order chi connectivity index (χ1) is 6.76. The van der Waals surface area contributed by atoms with Crippen molar-refractivity contribution >= 4 is 24.9 Å². The molecule has 0 amide bonds. The zero-order chi connectivity index (χ0) is 10.4. The second-order valence-corrected chi connectivity index (χ2v) is 6.56. The Morgan fingerprint density at radius 1 is 1.50 bits per heavy atom. The molecular formula is C9H10I2NO2-. The number of carbonyl (C=O) groups is 1. The van der Waals surface area contributed by atoms with Crippen molar-refractivity contribution in [2.45, 2.75) is 12.5 Å². The third-order valence-electron chi connectivity index (χ3n) is 1.74. The normalized spacial score (nSPS) is 12.6. The number of benzene rings is 1. The van der Waals surface area contributed by atoms with Gasteiger partial charge in [0.25, 0.3) is 0 Å². The number of hydrogen-bond acceptors (Lipinski definition) is 3. The Morgan fingerprint density at radius 2 is 2.14 bits per heavy atom. The quantitative estimate of drug-likeness (QED) is 0.346. The van der Waals surface area contributed by atoms with Crippen molar-refractivity contribution in [1.29, 1.82) is 0 Å². The molecule has 0 fully saturated rings. The van der Waals surface area contributed by atoms with Crippen LogP contribution in [0.1, 0.15) is 5.56 Å². The van der Waals surface area contributed by atoms with E-state index in [-0.39, 0.29) is 29.3 Å². The van der Waals surface area contributed by atoms with Crippen molar-refractivity contribution in [3.8, 4) is 5.75 Å². The van der Waals surface area contributed by atoms with Crippen LogP contribution >= 0.6 is 18.6 Å². The van der Waals surface area contributed by atoms with Crippen LogP contribution in [-0.2, 0) is 11.2 Å². The average molecular weight is 418 g/mol. The van der Waals surface area contributed by atoms with Crippen LogP contribution in [0.25, 0.3) is 0 Å². The Morgan fingerprint density at radius 3 is 2.64 bits per heavy atom. The predicted octanol–water partition coefficient (Wildman–Crippen LogP) is -1.55. The van der Waals surface area contributed by atoms with Crippen molar-refractivity contribution in [2.24, 2.45) is 0 Å². The van der Waals surface area contributed by atoms with E-state index in [4.69, 9.17) is 5.11 Å². The van der Waals surface area contributed by atoms with E-state index < -0.39 is 0 Å². The van der Waals surface area contributed by atoms with Crippen molar-refractivity contribution in [2.75, 3.05) is 0 Å². The molecule has 0 aromatic heterocycles. The van der Waals surface area contributed by atoms with Gasteiger partial charge >= 0.3 is 104 Å². The van der Waals surface area contributed by atoms with Crippen molar-refractivity contribution < 1.29 is 27.4 Å². The maximum atomic E-state index is 10.7. The Bertz CT molecular complexity index is 289. The standard InChI is InChI=1S/C9H10I2NO2/c10-11-12-8(6-13)5-7-1-3-9(14)4-2-7/h1-4,6,8,12,14H,5H2/q-1/t8-/m0/s1. The first-order valence-corrected chi connectivity index (χ1v) is 11.4. The van der Waals surface area contributed by atoms with E-state index >= 15 is 0 Å². The van der Waals surface area contributed by atoms with Gasteiger partial charge in [0.05, 0.1) is 0 Å². The molecule has 0 unspecified atom stereocenters. The zero-order valence-corrected chi connectivity index (χ0v) is 11.6. The molecule has 0 heterocycles. The molecule has 1 atom stereocenters. The van der Waals surface area contributed by atoms with E-state index in [0.29, 0.717) is 6.42 Å². The summed E-state index contributed by atoms with van der Waals surface area (Å²) >= 11 is 2.17. The monoisotopic (exact) mass is 418 g/mol. The van der Waals surface area contributed by atoms with Crippen LogP contribution in [0.15, 0.2) is 24.3 Å².